The second-order valence-corrected chi connectivity index (χ2v) is 4.78. The molecule has 1 aromatic carbocycles. The number of halogens is 3. The van der Waals surface area contributed by atoms with Gasteiger partial charge in [-0.1, -0.05) is 6.07 Å². The fraction of sp³-hybridized carbons (Fsp3) is 0.357. The van der Waals surface area contributed by atoms with E-state index in [2.05, 4.69) is 5.10 Å². The summed E-state index contributed by atoms with van der Waals surface area (Å²) in [6, 6.07) is 5.00. The molecule has 0 bridgehead atoms. The number of hydrogen-bond acceptors (Lipinski definition) is 2. The van der Waals surface area contributed by atoms with Gasteiger partial charge < -0.3 is 5.11 Å². The number of rotatable bonds is 3. The molecule has 0 saturated heterocycles. The number of alkyl halides is 3. The Balaban J connectivity index is 2.62. The zero-order valence-electron chi connectivity index (χ0n) is 11.1. The number of aliphatic hydroxyl groups excluding tert-OH is 1. The molecule has 6 heteroatoms. The first kappa shape index (κ1) is 14.6. The quantitative estimate of drug-likeness (QED) is 0.934. The maximum Gasteiger partial charge on any atom is 0.416 e. The molecule has 0 aliphatic rings. The second kappa shape index (κ2) is 5.28. The lowest BCUT2D eigenvalue weighted by Gasteiger charge is -2.15. The molecule has 0 amide bonds. The summed E-state index contributed by atoms with van der Waals surface area (Å²) in [7, 11) is 0. The van der Waals surface area contributed by atoms with Gasteiger partial charge >= 0.3 is 6.18 Å². The maximum absolute atomic E-state index is 12.8. The van der Waals surface area contributed by atoms with E-state index in [1.54, 1.807) is 10.7 Å². The minimum Gasteiger partial charge on any atom is -0.392 e. The Morgan fingerprint density at radius 3 is 2.50 bits per heavy atom. The van der Waals surface area contributed by atoms with Crippen LogP contribution < -0.4 is 0 Å². The van der Waals surface area contributed by atoms with E-state index in [1.165, 1.54) is 12.3 Å². The molecule has 0 saturated carbocycles. The first-order chi connectivity index (χ1) is 9.34. The van der Waals surface area contributed by atoms with Crippen molar-refractivity contribution in [1.29, 1.82) is 0 Å². The molecule has 0 fully saturated rings. The van der Waals surface area contributed by atoms with Crippen molar-refractivity contribution in [2.75, 3.05) is 0 Å². The topological polar surface area (TPSA) is 38.0 Å². The van der Waals surface area contributed by atoms with Crippen LogP contribution in [0.3, 0.4) is 0 Å². The van der Waals surface area contributed by atoms with Crippen molar-refractivity contribution in [3.63, 3.8) is 0 Å². The van der Waals surface area contributed by atoms with Gasteiger partial charge in [-0.05, 0) is 37.6 Å². The van der Waals surface area contributed by atoms with Crippen molar-refractivity contribution in [2.24, 2.45) is 0 Å². The van der Waals surface area contributed by atoms with E-state index in [0.717, 1.165) is 12.1 Å². The monoisotopic (exact) mass is 284 g/mol. The van der Waals surface area contributed by atoms with Gasteiger partial charge in [-0.15, -0.1) is 0 Å². The van der Waals surface area contributed by atoms with Crippen LogP contribution in [-0.4, -0.2) is 14.9 Å². The zero-order chi connectivity index (χ0) is 14.9. The van der Waals surface area contributed by atoms with E-state index < -0.39 is 11.7 Å². The van der Waals surface area contributed by atoms with Gasteiger partial charge in [-0.25, -0.2) is 0 Å². The number of nitrogens with zero attached hydrogens (tertiary/aromatic N) is 2. The molecule has 1 N–H and O–H groups in total. The molecule has 1 heterocycles. The molecule has 0 unspecified atom stereocenters. The van der Waals surface area contributed by atoms with Gasteiger partial charge in [0.15, 0.2) is 0 Å². The van der Waals surface area contributed by atoms with E-state index in [9.17, 15) is 18.3 Å². The van der Waals surface area contributed by atoms with E-state index in [1.807, 2.05) is 13.8 Å². The Kier molecular flexibility index (Phi) is 3.85. The molecule has 2 aromatic rings. The fourth-order valence-corrected chi connectivity index (χ4v) is 2.07. The van der Waals surface area contributed by atoms with Gasteiger partial charge in [0.25, 0.3) is 0 Å². The van der Waals surface area contributed by atoms with Gasteiger partial charge in [0.2, 0.25) is 0 Å². The van der Waals surface area contributed by atoms with Crippen molar-refractivity contribution in [3.05, 3.63) is 41.6 Å². The Morgan fingerprint density at radius 2 is 1.95 bits per heavy atom. The van der Waals surface area contributed by atoms with Crippen molar-refractivity contribution < 1.29 is 18.3 Å². The average Bonchev–Trinajstić information content (AvgIpc) is 2.86. The fourth-order valence-electron chi connectivity index (χ4n) is 2.07. The summed E-state index contributed by atoms with van der Waals surface area (Å²) < 4.78 is 40.1. The van der Waals surface area contributed by atoms with Crippen LogP contribution in [0.25, 0.3) is 11.3 Å². The summed E-state index contributed by atoms with van der Waals surface area (Å²) in [5, 5.41) is 13.4. The molecule has 0 atom stereocenters. The van der Waals surface area contributed by atoms with E-state index >= 15 is 0 Å². The molecule has 2 rings (SSSR count). The van der Waals surface area contributed by atoms with Crippen LogP contribution in [0.4, 0.5) is 13.2 Å². The summed E-state index contributed by atoms with van der Waals surface area (Å²) in [4.78, 5) is 0. The third-order valence-electron chi connectivity index (χ3n) is 3.04. The SMILES string of the molecule is CC(C)n1nccc1-c1cc(C(F)(F)F)ccc1CO. The molecular formula is C14H15F3N2O. The smallest absolute Gasteiger partial charge is 0.392 e. The lowest BCUT2D eigenvalue weighted by molar-refractivity contribution is -0.137. The van der Waals surface area contributed by atoms with Crippen molar-refractivity contribution >= 4 is 0 Å². The molecule has 0 aliphatic heterocycles. The molecule has 1 aromatic heterocycles. The molecule has 108 valence electrons. The predicted octanol–water partition coefficient (Wildman–Crippen LogP) is 3.64. The Labute approximate surface area is 114 Å². The number of aromatic nitrogens is 2. The average molecular weight is 284 g/mol. The van der Waals surface area contributed by atoms with Crippen molar-refractivity contribution in [2.45, 2.75) is 32.7 Å². The summed E-state index contributed by atoms with van der Waals surface area (Å²) in [5.74, 6) is 0. The first-order valence-electron chi connectivity index (χ1n) is 6.19. The highest BCUT2D eigenvalue weighted by molar-refractivity contribution is 5.65. The standard InChI is InChI=1S/C14H15F3N2O/c1-9(2)19-13(5-6-18-19)12-7-11(14(15,16)17)4-3-10(12)8-20/h3-7,9,20H,8H2,1-2H3. The normalized spacial score (nSPS) is 12.2. The molecule has 0 spiro atoms. The minimum atomic E-state index is -4.41. The zero-order valence-corrected chi connectivity index (χ0v) is 11.1. The van der Waals surface area contributed by atoms with Crippen LogP contribution >= 0.6 is 0 Å². The summed E-state index contributed by atoms with van der Waals surface area (Å²) in [6.07, 6.45) is -2.87. The van der Waals surface area contributed by atoms with Crippen molar-refractivity contribution in [1.82, 2.24) is 9.78 Å². The number of hydrogen-bond donors (Lipinski definition) is 1. The lowest BCUT2D eigenvalue weighted by Crippen LogP contribution is -2.09. The third-order valence-corrected chi connectivity index (χ3v) is 3.04. The Hall–Kier alpha value is -1.82. The first-order valence-corrected chi connectivity index (χ1v) is 6.19. The molecule has 0 aliphatic carbocycles. The van der Waals surface area contributed by atoms with E-state index in [-0.39, 0.29) is 12.6 Å². The minimum absolute atomic E-state index is 0.0149. The van der Waals surface area contributed by atoms with E-state index in [4.69, 9.17) is 0 Å². The van der Waals surface area contributed by atoms with Gasteiger partial charge in [0, 0.05) is 17.8 Å². The second-order valence-electron chi connectivity index (χ2n) is 4.78. The number of aliphatic hydroxyl groups is 1. The van der Waals surface area contributed by atoms with Gasteiger partial charge in [0.1, 0.15) is 0 Å². The summed E-state index contributed by atoms with van der Waals surface area (Å²) in [6.45, 7) is 3.46. The molecule has 20 heavy (non-hydrogen) atoms. The van der Waals surface area contributed by atoms with E-state index in [0.29, 0.717) is 16.8 Å². The largest absolute Gasteiger partial charge is 0.416 e. The van der Waals surface area contributed by atoms with Crippen LogP contribution in [0.15, 0.2) is 30.5 Å². The molecule has 0 radical (unpaired) electrons. The van der Waals surface area contributed by atoms with Gasteiger partial charge in [0.05, 0.1) is 17.9 Å². The van der Waals surface area contributed by atoms with Crippen molar-refractivity contribution in [3.8, 4) is 11.3 Å². The summed E-state index contributed by atoms with van der Waals surface area (Å²) >= 11 is 0. The maximum atomic E-state index is 12.8. The highest BCUT2D eigenvalue weighted by Gasteiger charge is 2.31. The van der Waals surface area contributed by atoms with Crippen LogP contribution in [0.2, 0.25) is 0 Å². The number of benzene rings is 1. The van der Waals surface area contributed by atoms with Crippen LogP contribution in [0.1, 0.15) is 31.0 Å². The third kappa shape index (κ3) is 2.70. The Bertz CT molecular complexity index is 603. The molecular weight excluding hydrogens is 269 g/mol. The van der Waals surface area contributed by atoms with Crippen LogP contribution in [0, 0.1) is 0 Å². The highest BCUT2D eigenvalue weighted by atomic mass is 19.4. The van der Waals surface area contributed by atoms with Gasteiger partial charge in [-0.2, -0.15) is 18.3 Å². The highest BCUT2D eigenvalue weighted by Crippen LogP contribution is 2.34. The van der Waals surface area contributed by atoms with Gasteiger partial charge in [-0.3, -0.25) is 4.68 Å². The molecule has 3 nitrogen and oxygen atoms in total. The summed E-state index contributed by atoms with van der Waals surface area (Å²) in [5.41, 5.74) is 0.630. The Morgan fingerprint density at radius 1 is 1.25 bits per heavy atom. The van der Waals surface area contributed by atoms with Crippen LogP contribution in [0.5, 0.6) is 0 Å². The predicted molar refractivity (Wildman–Crippen MR) is 69.0 cm³/mol. The lowest BCUT2D eigenvalue weighted by atomic mass is 10.0. The van der Waals surface area contributed by atoms with Crippen LogP contribution in [-0.2, 0) is 12.8 Å².